The van der Waals surface area contributed by atoms with E-state index in [-0.39, 0.29) is 0 Å². The van der Waals surface area contributed by atoms with Crippen molar-refractivity contribution in [2.45, 2.75) is 13.8 Å². The van der Waals surface area contributed by atoms with E-state index < -0.39 is 0 Å². The standard InChI is InChI=1S/C15H24N2OS/c1-12(2)11-18-14-7-5-13(6-8-14)15(19)16-9-10-17(3)4/h5-8,12H,9-11H2,1-4H3,(H,16,19). The van der Waals surface area contributed by atoms with Gasteiger partial charge in [0.05, 0.1) is 6.61 Å². The molecule has 19 heavy (non-hydrogen) atoms. The minimum Gasteiger partial charge on any atom is -0.493 e. The smallest absolute Gasteiger partial charge is 0.119 e. The minimum atomic E-state index is 0.536. The van der Waals surface area contributed by atoms with Crippen LogP contribution in [-0.4, -0.2) is 43.7 Å². The third-order valence-corrected chi connectivity index (χ3v) is 2.92. The van der Waals surface area contributed by atoms with Gasteiger partial charge in [0.1, 0.15) is 10.7 Å². The van der Waals surface area contributed by atoms with Crippen molar-refractivity contribution in [3.05, 3.63) is 29.8 Å². The lowest BCUT2D eigenvalue weighted by Crippen LogP contribution is -2.30. The van der Waals surface area contributed by atoms with Gasteiger partial charge < -0.3 is 15.0 Å². The molecular formula is C15H24N2OS. The Hall–Kier alpha value is -1.13. The van der Waals surface area contributed by atoms with Crippen LogP contribution in [0.2, 0.25) is 0 Å². The molecule has 0 aliphatic carbocycles. The van der Waals surface area contributed by atoms with Crippen LogP contribution in [0.1, 0.15) is 19.4 Å². The Morgan fingerprint density at radius 3 is 2.42 bits per heavy atom. The van der Waals surface area contributed by atoms with Crippen LogP contribution < -0.4 is 10.1 Å². The molecule has 0 atom stereocenters. The molecule has 0 fully saturated rings. The first-order chi connectivity index (χ1) is 8.99. The van der Waals surface area contributed by atoms with Gasteiger partial charge in [-0.3, -0.25) is 0 Å². The van der Waals surface area contributed by atoms with E-state index in [1.54, 1.807) is 0 Å². The molecule has 0 amide bonds. The molecule has 1 N–H and O–H groups in total. The molecule has 0 radical (unpaired) electrons. The highest BCUT2D eigenvalue weighted by Crippen LogP contribution is 2.13. The largest absolute Gasteiger partial charge is 0.493 e. The maximum atomic E-state index is 5.64. The summed E-state index contributed by atoms with van der Waals surface area (Å²) < 4.78 is 5.64. The van der Waals surface area contributed by atoms with Crippen LogP contribution >= 0.6 is 12.2 Å². The van der Waals surface area contributed by atoms with Gasteiger partial charge in [-0.25, -0.2) is 0 Å². The Balaban J connectivity index is 2.44. The first-order valence-electron chi connectivity index (χ1n) is 6.65. The third-order valence-electron chi connectivity index (χ3n) is 2.54. The molecule has 1 rings (SSSR count). The molecule has 1 aromatic carbocycles. The topological polar surface area (TPSA) is 24.5 Å². The molecule has 0 heterocycles. The second-order valence-electron chi connectivity index (χ2n) is 5.29. The quantitative estimate of drug-likeness (QED) is 0.776. The lowest BCUT2D eigenvalue weighted by Gasteiger charge is -2.13. The average Bonchev–Trinajstić information content (AvgIpc) is 2.36. The van der Waals surface area contributed by atoms with E-state index in [0.717, 1.165) is 36.0 Å². The SMILES string of the molecule is CC(C)COc1ccc(C(=S)NCCN(C)C)cc1. The summed E-state index contributed by atoms with van der Waals surface area (Å²) in [7, 11) is 4.09. The molecule has 0 saturated carbocycles. The summed E-state index contributed by atoms with van der Waals surface area (Å²) in [4.78, 5) is 2.91. The predicted octanol–water partition coefficient (Wildman–Crippen LogP) is 2.55. The third kappa shape index (κ3) is 6.55. The number of hydrogen-bond acceptors (Lipinski definition) is 3. The zero-order valence-corrected chi connectivity index (χ0v) is 13.1. The van der Waals surface area contributed by atoms with Gasteiger partial charge in [0.25, 0.3) is 0 Å². The van der Waals surface area contributed by atoms with E-state index >= 15 is 0 Å². The van der Waals surface area contributed by atoms with Crippen LogP contribution in [0.25, 0.3) is 0 Å². The van der Waals surface area contributed by atoms with Crippen LogP contribution in [0.5, 0.6) is 5.75 Å². The number of likely N-dealkylation sites (N-methyl/N-ethyl adjacent to an activating group) is 1. The maximum Gasteiger partial charge on any atom is 0.119 e. The number of ether oxygens (including phenoxy) is 1. The van der Waals surface area contributed by atoms with E-state index in [2.05, 4.69) is 24.1 Å². The molecule has 0 aliphatic heterocycles. The van der Waals surface area contributed by atoms with Crippen molar-refractivity contribution in [2.75, 3.05) is 33.8 Å². The molecule has 0 aromatic heterocycles. The summed E-state index contributed by atoms with van der Waals surface area (Å²) in [5.41, 5.74) is 1.03. The fourth-order valence-electron chi connectivity index (χ4n) is 1.46. The van der Waals surface area contributed by atoms with Crippen LogP contribution in [0.15, 0.2) is 24.3 Å². The highest BCUT2D eigenvalue weighted by molar-refractivity contribution is 7.80. The van der Waals surface area contributed by atoms with Gasteiger partial charge >= 0.3 is 0 Å². The van der Waals surface area contributed by atoms with Gasteiger partial charge in [-0.05, 0) is 44.3 Å². The Bertz CT molecular complexity index is 388. The van der Waals surface area contributed by atoms with Crippen molar-refractivity contribution in [2.24, 2.45) is 5.92 Å². The molecular weight excluding hydrogens is 256 g/mol. The van der Waals surface area contributed by atoms with Crippen molar-refractivity contribution in [3.63, 3.8) is 0 Å². The van der Waals surface area contributed by atoms with E-state index in [1.807, 2.05) is 38.4 Å². The molecule has 0 saturated heterocycles. The molecule has 0 bridgehead atoms. The van der Waals surface area contributed by atoms with Gasteiger partial charge in [-0.1, -0.05) is 26.1 Å². The zero-order valence-electron chi connectivity index (χ0n) is 12.3. The number of nitrogens with one attached hydrogen (secondary N) is 1. The number of thiocarbonyl (C=S) groups is 1. The van der Waals surface area contributed by atoms with Crippen molar-refractivity contribution < 1.29 is 4.74 Å². The molecule has 4 heteroatoms. The maximum absolute atomic E-state index is 5.64. The Labute approximate surface area is 121 Å². The molecule has 3 nitrogen and oxygen atoms in total. The van der Waals surface area contributed by atoms with E-state index in [9.17, 15) is 0 Å². The first kappa shape index (κ1) is 15.9. The van der Waals surface area contributed by atoms with E-state index in [4.69, 9.17) is 17.0 Å². The van der Waals surface area contributed by atoms with Crippen LogP contribution in [0.3, 0.4) is 0 Å². The van der Waals surface area contributed by atoms with E-state index in [0.29, 0.717) is 5.92 Å². The normalized spacial score (nSPS) is 10.8. The Morgan fingerprint density at radius 1 is 1.26 bits per heavy atom. The van der Waals surface area contributed by atoms with Crippen molar-refractivity contribution in [1.29, 1.82) is 0 Å². The second-order valence-corrected chi connectivity index (χ2v) is 5.70. The van der Waals surface area contributed by atoms with Gasteiger partial charge in [0.2, 0.25) is 0 Å². The second kappa shape index (κ2) is 8.12. The molecule has 0 spiro atoms. The summed E-state index contributed by atoms with van der Waals surface area (Å²) in [6, 6.07) is 7.94. The number of nitrogens with zero attached hydrogens (tertiary/aromatic N) is 1. The molecule has 0 unspecified atom stereocenters. The van der Waals surface area contributed by atoms with Crippen molar-refractivity contribution >= 4 is 17.2 Å². The molecule has 1 aromatic rings. The lowest BCUT2D eigenvalue weighted by molar-refractivity contribution is 0.271. The summed E-state index contributed by atoms with van der Waals surface area (Å²) in [5.74, 6) is 1.43. The van der Waals surface area contributed by atoms with Gasteiger partial charge in [-0.15, -0.1) is 0 Å². The minimum absolute atomic E-state index is 0.536. The summed E-state index contributed by atoms with van der Waals surface area (Å²) in [5, 5.41) is 3.25. The summed E-state index contributed by atoms with van der Waals surface area (Å²) in [6.07, 6.45) is 0. The highest BCUT2D eigenvalue weighted by Gasteiger charge is 2.02. The first-order valence-corrected chi connectivity index (χ1v) is 7.05. The predicted molar refractivity (Wildman–Crippen MR) is 85.0 cm³/mol. The summed E-state index contributed by atoms with van der Waals surface area (Å²) in [6.45, 7) is 6.84. The van der Waals surface area contributed by atoms with Crippen LogP contribution in [-0.2, 0) is 0 Å². The van der Waals surface area contributed by atoms with Crippen molar-refractivity contribution in [1.82, 2.24) is 10.2 Å². The Kier molecular flexibility index (Phi) is 6.81. The average molecular weight is 280 g/mol. The van der Waals surface area contributed by atoms with Gasteiger partial charge in [0.15, 0.2) is 0 Å². The van der Waals surface area contributed by atoms with Crippen molar-refractivity contribution in [3.8, 4) is 5.75 Å². The number of hydrogen-bond donors (Lipinski definition) is 1. The van der Waals surface area contributed by atoms with Gasteiger partial charge in [0, 0.05) is 18.7 Å². The van der Waals surface area contributed by atoms with Gasteiger partial charge in [-0.2, -0.15) is 0 Å². The summed E-state index contributed by atoms with van der Waals surface area (Å²) >= 11 is 5.35. The zero-order chi connectivity index (χ0) is 14.3. The lowest BCUT2D eigenvalue weighted by atomic mass is 10.2. The fourth-order valence-corrected chi connectivity index (χ4v) is 1.70. The van der Waals surface area contributed by atoms with Crippen LogP contribution in [0, 0.1) is 5.92 Å². The van der Waals surface area contributed by atoms with E-state index in [1.165, 1.54) is 0 Å². The Morgan fingerprint density at radius 2 is 1.89 bits per heavy atom. The fraction of sp³-hybridized carbons (Fsp3) is 0.533. The monoisotopic (exact) mass is 280 g/mol. The highest BCUT2D eigenvalue weighted by atomic mass is 32.1. The number of benzene rings is 1. The molecule has 106 valence electrons. The number of rotatable bonds is 7. The van der Waals surface area contributed by atoms with Crippen LogP contribution in [0.4, 0.5) is 0 Å². The molecule has 0 aliphatic rings.